The number of hydrogen-bond donors (Lipinski definition) is 1. The minimum absolute atomic E-state index is 0.0667. The molecule has 0 atom stereocenters. The van der Waals surface area contributed by atoms with Crippen molar-refractivity contribution < 1.29 is 4.79 Å². The molecule has 0 spiro atoms. The molecule has 1 amide bonds. The second-order valence-corrected chi connectivity index (χ2v) is 4.53. The van der Waals surface area contributed by atoms with Crippen LogP contribution in [0.15, 0.2) is 24.3 Å². The van der Waals surface area contributed by atoms with E-state index in [1.807, 2.05) is 7.05 Å². The summed E-state index contributed by atoms with van der Waals surface area (Å²) in [5.41, 5.74) is 6.98. The first kappa shape index (κ1) is 11.1. The predicted molar refractivity (Wildman–Crippen MR) is 67.4 cm³/mol. The van der Waals surface area contributed by atoms with E-state index >= 15 is 0 Å². The van der Waals surface area contributed by atoms with Crippen LogP contribution in [0.25, 0.3) is 0 Å². The molecular formula is C12H14N2OS. The van der Waals surface area contributed by atoms with E-state index in [2.05, 4.69) is 0 Å². The van der Waals surface area contributed by atoms with Crippen molar-refractivity contribution >= 4 is 23.1 Å². The third-order valence-corrected chi connectivity index (χ3v) is 3.07. The number of thiocarbonyl (C=S) groups is 1. The van der Waals surface area contributed by atoms with Gasteiger partial charge >= 0.3 is 0 Å². The van der Waals surface area contributed by atoms with Gasteiger partial charge in [-0.2, -0.15) is 0 Å². The zero-order valence-electron chi connectivity index (χ0n) is 9.14. The molecule has 2 rings (SSSR count). The number of benzene rings is 1. The van der Waals surface area contributed by atoms with E-state index in [0.717, 1.165) is 18.4 Å². The lowest BCUT2D eigenvalue weighted by molar-refractivity contribution is 0.0785. The van der Waals surface area contributed by atoms with E-state index in [4.69, 9.17) is 18.0 Å². The lowest BCUT2D eigenvalue weighted by Gasteiger charge is -2.16. The molecule has 3 nitrogen and oxygen atoms in total. The summed E-state index contributed by atoms with van der Waals surface area (Å²) in [5, 5.41) is 0. The molecule has 0 aliphatic heterocycles. The second kappa shape index (κ2) is 4.22. The molecule has 0 radical (unpaired) electrons. The highest BCUT2D eigenvalue weighted by Gasteiger charge is 2.29. The monoisotopic (exact) mass is 234 g/mol. The first-order chi connectivity index (χ1) is 7.59. The molecular weight excluding hydrogens is 220 g/mol. The molecule has 0 saturated heterocycles. The van der Waals surface area contributed by atoms with Crippen molar-refractivity contribution in [2.45, 2.75) is 18.9 Å². The van der Waals surface area contributed by atoms with E-state index in [0.29, 0.717) is 16.6 Å². The molecule has 1 aromatic rings. The Hall–Kier alpha value is -1.42. The fourth-order valence-electron chi connectivity index (χ4n) is 1.61. The van der Waals surface area contributed by atoms with E-state index in [1.54, 1.807) is 29.2 Å². The Bertz CT molecular complexity index is 423. The third-order valence-electron chi connectivity index (χ3n) is 2.83. The third kappa shape index (κ3) is 2.22. The second-order valence-electron chi connectivity index (χ2n) is 4.09. The molecule has 0 heterocycles. The van der Waals surface area contributed by atoms with Crippen molar-refractivity contribution in [3.05, 3.63) is 35.4 Å². The molecule has 2 N–H and O–H groups in total. The fraction of sp³-hybridized carbons (Fsp3) is 0.333. The number of hydrogen-bond acceptors (Lipinski definition) is 2. The van der Waals surface area contributed by atoms with Gasteiger partial charge in [0.15, 0.2) is 0 Å². The van der Waals surface area contributed by atoms with Gasteiger partial charge in [-0.25, -0.2) is 0 Å². The molecule has 16 heavy (non-hydrogen) atoms. The Morgan fingerprint density at radius 2 is 1.81 bits per heavy atom. The van der Waals surface area contributed by atoms with Crippen LogP contribution in [0.5, 0.6) is 0 Å². The van der Waals surface area contributed by atoms with Crippen molar-refractivity contribution in [2.24, 2.45) is 5.73 Å². The summed E-state index contributed by atoms with van der Waals surface area (Å²) in [6.07, 6.45) is 2.24. The Kier molecular flexibility index (Phi) is 2.92. The van der Waals surface area contributed by atoms with Gasteiger partial charge in [0.05, 0.1) is 0 Å². The van der Waals surface area contributed by atoms with E-state index in [1.165, 1.54) is 0 Å². The molecule has 1 fully saturated rings. The summed E-state index contributed by atoms with van der Waals surface area (Å²) in [6.45, 7) is 0. The van der Waals surface area contributed by atoms with Gasteiger partial charge in [0.2, 0.25) is 0 Å². The Labute approximate surface area is 100 Å². The van der Waals surface area contributed by atoms with Gasteiger partial charge in [0.25, 0.3) is 5.91 Å². The van der Waals surface area contributed by atoms with Crippen LogP contribution in [-0.2, 0) is 0 Å². The van der Waals surface area contributed by atoms with E-state index < -0.39 is 0 Å². The van der Waals surface area contributed by atoms with Crippen LogP contribution < -0.4 is 5.73 Å². The van der Waals surface area contributed by atoms with Crippen molar-refractivity contribution in [1.82, 2.24) is 4.90 Å². The van der Waals surface area contributed by atoms with Crippen LogP contribution in [0, 0.1) is 0 Å². The molecule has 1 aromatic carbocycles. The SMILES string of the molecule is CN(C(=O)c1ccc(C(N)=S)cc1)C1CC1. The average Bonchev–Trinajstić information content (AvgIpc) is 3.11. The van der Waals surface area contributed by atoms with Gasteiger partial charge in [-0.05, 0) is 25.0 Å². The number of amides is 1. The zero-order chi connectivity index (χ0) is 11.7. The van der Waals surface area contributed by atoms with Gasteiger partial charge in [0, 0.05) is 24.2 Å². The highest BCUT2D eigenvalue weighted by molar-refractivity contribution is 7.80. The average molecular weight is 234 g/mol. The highest BCUT2D eigenvalue weighted by Crippen LogP contribution is 2.26. The largest absolute Gasteiger partial charge is 0.389 e. The van der Waals surface area contributed by atoms with Crippen LogP contribution >= 0.6 is 12.2 Å². The summed E-state index contributed by atoms with van der Waals surface area (Å²) < 4.78 is 0. The summed E-state index contributed by atoms with van der Waals surface area (Å²) in [6, 6.07) is 7.56. The summed E-state index contributed by atoms with van der Waals surface area (Å²) in [5.74, 6) is 0.0667. The van der Waals surface area contributed by atoms with Crippen LogP contribution in [0.3, 0.4) is 0 Å². The maximum Gasteiger partial charge on any atom is 0.253 e. The fourth-order valence-corrected chi connectivity index (χ4v) is 1.74. The van der Waals surface area contributed by atoms with Gasteiger partial charge in [0.1, 0.15) is 4.99 Å². The summed E-state index contributed by atoms with van der Waals surface area (Å²) in [4.78, 5) is 14.1. The van der Waals surface area contributed by atoms with Crippen LogP contribution in [-0.4, -0.2) is 28.9 Å². The zero-order valence-corrected chi connectivity index (χ0v) is 9.96. The molecule has 4 heteroatoms. The lowest BCUT2D eigenvalue weighted by Crippen LogP contribution is -2.28. The van der Waals surface area contributed by atoms with Gasteiger partial charge < -0.3 is 10.6 Å². The normalized spacial score (nSPS) is 14.6. The van der Waals surface area contributed by atoms with Crippen molar-refractivity contribution in [3.63, 3.8) is 0 Å². The smallest absolute Gasteiger partial charge is 0.253 e. The number of nitrogens with two attached hydrogens (primary N) is 1. The van der Waals surface area contributed by atoms with E-state index in [-0.39, 0.29) is 5.91 Å². The molecule has 0 bridgehead atoms. The van der Waals surface area contributed by atoms with Crippen LogP contribution in [0.4, 0.5) is 0 Å². The minimum atomic E-state index is 0.0667. The number of nitrogens with zero attached hydrogens (tertiary/aromatic N) is 1. The number of carbonyl (C=O) groups is 1. The van der Waals surface area contributed by atoms with Crippen molar-refractivity contribution in [3.8, 4) is 0 Å². The Balaban J connectivity index is 2.14. The summed E-state index contributed by atoms with van der Waals surface area (Å²) in [7, 11) is 1.85. The van der Waals surface area contributed by atoms with Gasteiger partial charge in [-0.3, -0.25) is 4.79 Å². The van der Waals surface area contributed by atoms with Crippen LogP contribution in [0.1, 0.15) is 28.8 Å². The standard InChI is InChI=1S/C12H14N2OS/c1-14(10-6-7-10)12(15)9-4-2-8(3-5-9)11(13)16/h2-5,10H,6-7H2,1H3,(H2,13,16). The van der Waals surface area contributed by atoms with Gasteiger partial charge in [-0.1, -0.05) is 24.4 Å². The molecule has 1 aliphatic rings. The maximum absolute atomic E-state index is 12.0. The molecule has 0 unspecified atom stereocenters. The van der Waals surface area contributed by atoms with E-state index in [9.17, 15) is 4.79 Å². The summed E-state index contributed by atoms with van der Waals surface area (Å²) >= 11 is 4.86. The predicted octanol–water partition coefficient (Wildman–Crippen LogP) is 1.56. The van der Waals surface area contributed by atoms with Crippen LogP contribution in [0.2, 0.25) is 0 Å². The van der Waals surface area contributed by atoms with Gasteiger partial charge in [-0.15, -0.1) is 0 Å². The molecule has 0 aromatic heterocycles. The first-order valence-electron chi connectivity index (χ1n) is 5.26. The minimum Gasteiger partial charge on any atom is -0.389 e. The molecule has 1 aliphatic carbocycles. The number of carbonyl (C=O) groups excluding carboxylic acids is 1. The lowest BCUT2D eigenvalue weighted by atomic mass is 10.1. The number of rotatable bonds is 3. The first-order valence-corrected chi connectivity index (χ1v) is 5.67. The van der Waals surface area contributed by atoms with Crippen molar-refractivity contribution in [1.29, 1.82) is 0 Å². The quantitative estimate of drug-likeness (QED) is 0.807. The molecule has 1 saturated carbocycles. The maximum atomic E-state index is 12.0. The van der Waals surface area contributed by atoms with Crippen molar-refractivity contribution in [2.75, 3.05) is 7.05 Å². The Morgan fingerprint density at radius 3 is 2.25 bits per heavy atom. The molecule has 84 valence electrons. The highest BCUT2D eigenvalue weighted by atomic mass is 32.1. The Morgan fingerprint density at radius 1 is 1.31 bits per heavy atom. The topological polar surface area (TPSA) is 46.3 Å².